The van der Waals surface area contributed by atoms with E-state index in [2.05, 4.69) is 21.1 Å². The van der Waals surface area contributed by atoms with Gasteiger partial charge in [0.25, 0.3) is 0 Å². The van der Waals surface area contributed by atoms with Crippen LogP contribution in [0.4, 0.5) is 5.69 Å². The molecule has 1 heterocycles. The van der Waals surface area contributed by atoms with Gasteiger partial charge in [0.05, 0.1) is 11.4 Å². The van der Waals surface area contributed by atoms with E-state index in [4.69, 9.17) is 5.21 Å². The second kappa shape index (κ2) is 4.87. The lowest BCUT2D eigenvalue weighted by atomic mass is 9.99. The number of nitrogens with zero attached hydrogens (tertiary/aromatic N) is 2. The molecule has 1 amide bonds. The van der Waals surface area contributed by atoms with Crippen LogP contribution in [0.3, 0.4) is 0 Å². The maximum Gasteiger partial charge on any atom is 0.226 e. The highest BCUT2D eigenvalue weighted by molar-refractivity contribution is 9.10. The number of carbonyl (C=O) groups excluding carboxylic acids is 1. The van der Waals surface area contributed by atoms with Gasteiger partial charge in [-0.2, -0.15) is 0 Å². The van der Waals surface area contributed by atoms with Gasteiger partial charge >= 0.3 is 0 Å². The van der Waals surface area contributed by atoms with E-state index in [-0.39, 0.29) is 5.91 Å². The molecule has 4 nitrogen and oxygen atoms in total. The molecule has 0 unspecified atom stereocenters. The minimum atomic E-state index is 0.0885. The van der Waals surface area contributed by atoms with E-state index < -0.39 is 0 Å². The normalized spacial score (nSPS) is 17.1. The quantitative estimate of drug-likeness (QED) is 0.640. The van der Waals surface area contributed by atoms with Gasteiger partial charge in [0.15, 0.2) is 0 Å². The van der Waals surface area contributed by atoms with Crippen molar-refractivity contribution in [1.82, 2.24) is 0 Å². The first-order valence-electron chi connectivity index (χ1n) is 5.48. The highest BCUT2D eigenvalue weighted by Gasteiger charge is 2.25. The molecule has 5 heteroatoms. The van der Waals surface area contributed by atoms with Crippen LogP contribution in [-0.2, 0) is 4.79 Å². The van der Waals surface area contributed by atoms with Gasteiger partial charge in [-0.3, -0.25) is 4.79 Å². The van der Waals surface area contributed by atoms with Crippen LogP contribution >= 0.6 is 15.9 Å². The van der Waals surface area contributed by atoms with E-state index in [1.165, 1.54) is 0 Å². The minimum Gasteiger partial charge on any atom is -0.411 e. The number of carbonyl (C=O) groups is 1. The largest absolute Gasteiger partial charge is 0.411 e. The first-order valence-corrected chi connectivity index (χ1v) is 6.28. The maximum absolute atomic E-state index is 11.8. The molecule has 1 aromatic rings. The first kappa shape index (κ1) is 12.1. The molecule has 90 valence electrons. The summed E-state index contributed by atoms with van der Waals surface area (Å²) in [4.78, 5) is 13.6. The lowest BCUT2D eigenvalue weighted by Crippen LogP contribution is -2.37. The van der Waals surface area contributed by atoms with Crippen LogP contribution in [0.1, 0.15) is 25.3 Å². The van der Waals surface area contributed by atoms with Crippen LogP contribution in [0, 0.1) is 0 Å². The molecule has 2 rings (SSSR count). The summed E-state index contributed by atoms with van der Waals surface area (Å²) >= 11 is 3.38. The fraction of sp³-hybridized carbons (Fsp3) is 0.333. The molecule has 1 aliphatic rings. The van der Waals surface area contributed by atoms with E-state index in [0.29, 0.717) is 25.1 Å². The van der Waals surface area contributed by atoms with Gasteiger partial charge in [-0.15, -0.1) is 0 Å². The van der Waals surface area contributed by atoms with Gasteiger partial charge in [0.2, 0.25) is 5.91 Å². The van der Waals surface area contributed by atoms with Crippen LogP contribution in [0.2, 0.25) is 0 Å². The average Bonchev–Trinajstić information content (AvgIpc) is 2.36. The van der Waals surface area contributed by atoms with Crippen molar-refractivity contribution in [3.05, 3.63) is 28.2 Å². The molecule has 1 aromatic carbocycles. The Hall–Kier alpha value is -1.36. The topological polar surface area (TPSA) is 52.9 Å². The van der Waals surface area contributed by atoms with Crippen molar-refractivity contribution in [2.45, 2.75) is 19.8 Å². The number of amides is 1. The van der Waals surface area contributed by atoms with E-state index in [1.807, 2.05) is 25.1 Å². The Bertz CT molecular complexity index is 485. The summed E-state index contributed by atoms with van der Waals surface area (Å²) in [5.74, 6) is 0.0885. The fourth-order valence-corrected chi connectivity index (χ4v) is 2.36. The van der Waals surface area contributed by atoms with Gasteiger partial charge in [-0.1, -0.05) is 28.0 Å². The minimum absolute atomic E-state index is 0.0885. The molecule has 0 saturated carbocycles. The van der Waals surface area contributed by atoms with Crippen molar-refractivity contribution in [2.24, 2.45) is 5.16 Å². The summed E-state index contributed by atoms with van der Waals surface area (Å²) in [7, 11) is 0. The van der Waals surface area contributed by atoms with E-state index >= 15 is 0 Å². The molecular formula is C12H13BrN2O2. The summed E-state index contributed by atoms with van der Waals surface area (Å²) in [5, 5.41) is 12.3. The summed E-state index contributed by atoms with van der Waals surface area (Å²) in [6.45, 7) is 2.41. The molecule has 0 saturated heterocycles. The SMILES string of the molecule is CCC(=O)N1CCC(=NO)c2cc(Br)ccc21. The fourth-order valence-electron chi connectivity index (χ4n) is 2.00. The molecule has 1 N–H and O–H groups in total. The van der Waals surface area contributed by atoms with Crippen LogP contribution in [0.25, 0.3) is 0 Å². The van der Waals surface area contributed by atoms with Crippen molar-refractivity contribution < 1.29 is 10.0 Å². The van der Waals surface area contributed by atoms with Gasteiger partial charge in [-0.25, -0.2) is 0 Å². The van der Waals surface area contributed by atoms with Crippen LogP contribution in [0.15, 0.2) is 27.8 Å². The number of oxime groups is 1. The van der Waals surface area contributed by atoms with Gasteiger partial charge in [-0.05, 0) is 18.2 Å². The maximum atomic E-state index is 11.8. The summed E-state index contributed by atoms with van der Waals surface area (Å²) in [6, 6.07) is 5.63. The average molecular weight is 297 g/mol. The van der Waals surface area contributed by atoms with Crippen molar-refractivity contribution in [1.29, 1.82) is 0 Å². The van der Waals surface area contributed by atoms with E-state index in [1.54, 1.807) is 4.90 Å². The van der Waals surface area contributed by atoms with Crippen molar-refractivity contribution >= 4 is 33.2 Å². The van der Waals surface area contributed by atoms with E-state index in [9.17, 15) is 4.79 Å². The smallest absolute Gasteiger partial charge is 0.226 e. The predicted octanol–water partition coefficient (Wildman–Crippen LogP) is 2.77. The Labute approximate surface area is 108 Å². The molecule has 0 aliphatic carbocycles. The Morgan fingerprint density at radius 2 is 2.35 bits per heavy atom. The van der Waals surface area contributed by atoms with Crippen LogP contribution in [-0.4, -0.2) is 23.4 Å². The van der Waals surface area contributed by atoms with Gasteiger partial charge < -0.3 is 10.1 Å². The summed E-state index contributed by atoms with van der Waals surface area (Å²) < 4.78 is 0.906. The Kier molecular flexibility index (Phi) is 3.47. The number of fused-ring (bicyclic) bond motifs is 1. The molecule has 0 atom stereocenters. The van der Waals surface area contributed by atoms with Gasteiger partial charge in [0.1, 0.15) is 0 Å². The zero-order valence-electron chi connectivity index (χ0n) is 9.48. The molecule has 0 bridgehead atoms. The zero-order chi connectivity index (χ0) is 12.4. The number of halogens is 1. The Morgan fingerprint density at radius 1 is 1.59 bits per heavy atom. The Balaban J connectivity index is 2.51. The summed E-state index contributed by atoms with van der Waals surface area (Å²) in [6.07, 6.45) is 1.05. The first-order chi connectivity index (χ1) is 8.17. The van der Waals surface area contributed by atoms with Crippen LogP contribution in [0.5, 0.6) is 0 Å². The predicted molar refractivity (Wildman–Crippen MR) is 69.7 cm³/mol. The molecule has 17 heavy (non-hydrogen) atoms. The van der Waals surface area contributed by atoms with Gasteiger partial charge in [0, 0.05) is 29.4 Å². The monoisotopic (exact) mass is 296 g/mol. The third-order valence-electron chi connectivity index (χ3n) is 2.86. The molecule has 0 spiro atoms. The second-order valence-corrected chi connectivity index (χ2v) is 4.77. The molecule has 1 aliphatic heterocycles. The second-order valence-electron chi connectivity index (χ2n) is 3.86. The highest BCUT2D eigenvalue weighted by Crippen LogP contribution is 2.30. The lowest BCUT2D eigenvalue weighted by molar-refractivity contribution is -0.118. The van der Waals surface area contributed by atoms with Crippen molar-refractivity contribution in [2.75, 3.05) is 11.4 Å². The molecule has 0 fully saturated rings. The number of hydrogen-bond acceptors (Lipinski definition) is 3. The summed E-state index contributed by atoms with van der Waals surface area (Å²) in [5.41, 5.74) is 2.26. The standard InChI is InChI=1S/C12H13BrN2O2/c1-2-12(16)15-6-5-10(14-17)9-7-8(13)3-4-11(9)15/h3-4,7,17H,2,5-6H2,1H3. The third-order valence-corrected chi connectivity index (χ3v) is 3.35. The molecular weight excluding hydrogens is 284 g/mol. The number of hydrogen-bond donors (Lipinski definition) is 1. The van der Waals surface area contributed by atoms with Crippen molar-refractivity contribution in [3.63, 3.8) is 0 Å². The molecule has 0 aromatic heterocycles. The molecule has 0 radical (unpaired) electrons. The van der Waals surface area contributed by atoms with Crippen molar-refractivity contribution in [3.8, 4) is 0 Å². The highest BCUT2D eigenvalue weighted by atomic mass is 79.9. The Morgan fingerprint density at radius 3 is 3.00 bits per heavy atom. The third kappa shape index (κ3) is 2.20. The van der Waals surface area contributed by atoms with Crippen LogP contribution < -0.4 is 4.90 Å². The zero-order valence-corrected chi connectivity index (χ0v) is 11.1. The number of rotatable bonds is 1. The number of anilines is 1. The van der Waals surface area contributed by atoms with E-state index in [0.717, 1.165) is 15.7 Å². The number of benzene rings is 1. The lowest BCUT2D eigenvalue weighted by Gasteiger charge is -2.29.